The number of anilines is 3. The summed E-state index contributed by atoms with van der Waals surface area (Å²) in [4.78, 5) is 20.3. The molecule has 0 aliphatic heterocycles. The molecule has 0 aliphatic rings. The first-order valence-electron chi connectivity index (χ1n) is 7.24. The van der Waals surface area contributed by atoms with Crippen molar-refractivity contribution in [1.82, 2.24) is 9.97 Å². The average molecular weight is 395 g/mol. The van der Waals surface area contributed by atoms with Crippen LogP contribution in [0.2, 0.25) is 10.0 Å². The molecule has 26 heavy (non-hydrogen) atoms. The predicted octanol–water partition coefficient (Wildman–Crippen LogP) is 5.06. The SMILES string of the molecule is O=C(Nc1ccc(F)cc1F)c1ccnc(Nc2c(Cl)cccc2Cl)n1. The van der Waals surface area contributed by atoms with Gasteiger partial charge in [-0.15, -0.1) is 0 Å². The quantitative estimate of drug-likeness (QED) is 0.648. The van der Waals surface area contributed by atoms with Gasteiger partial charge in [-0.05, 0) is 30.3 Å². The number of nitrogens with zero attached hydrogens (tertiary/aromatic N) is 2. The van der Waals surface area contributed by atoms with E-state index in [-0.39, 0.29) is 17.3 Å². The Kier molecular flexibility index (Phi) is 5.29. The van der Waals surface area contributed by atoms with Gasteiger partial charge >= 0.3 is 0 Å². The van der Waals surface area contributed by atoms with Crippen LogP contribution in [0.3, 0.4) is 0 Å². The van der Waals surface area contributed by atoms with Gasteiger partial charge in [0.05, 0.1) is 21.4 Å². The van der Waals surface area contributed by atoms with Gasteiger partial charge in [0.25, 0.3) is 5.91 Å². The third-order valence-corrected chi connectivity index (χ3v) is 3.90. The lowest BCUT2D eigenvalue weighted by Gasteiger charge is -2.10. The highest BCUT2D eigenvalue weighted by Gasteiger charge is 2.13. The minimum atomic E-state index is -0.895. The first-order chi connectivity index (χ1) is 12.4. The molecular formula is C17H10Cl2F2N4O. The number of benzene rings is 2. The minimum absolute atomic E-state index is 0.0330. The molecule has 5 nitrogen and oxygen atoms in total. The Labute approximate surface area is 157 Å². The molecule has 2 N–H and O–H groups in total. The number of rotatable bonds is 4. The van der Waals surface area contributed by atoms with Crippen LogP contribution in [-0.4, -0.2) is 15.9 Å². The van der Waals surface area contributed by atoms with Gasteiger partial charge in [0.1, 0.15) is 17.3 Å². The van der Waals surface area contributed by atoms with Crippen molar-refractivity contribution in [2.45, 2.75) is 0 Å². The Morgan fingerprint density at radius 1 is 1.04 bits per heavy atom. The Bertz CT molecular complexity index is 964. The van der Waals surface area contributed by atoms with Crippen molar-refractivity contribution in [2.75, 3.05) is 10.6 Å². The molecule has 0 spiro atoms. The van der Waals surface area contributed by atoms with Gasteiger partial charge in [-0.1, -0.05) is 29.3 Å². The summed E-state index contributed by atoms with van der Waals surface area (Å²) in [6, 6.07) is 9.10. The van der Waals surface area contributed by atoms with Crippen LogP contribution in [0.1, 0.15) is 10.5 Å². The second-order valence-corrected chi connectivity index (χ2v) is 5.88. The number of hydrogen-bond acceptors (Lipinski definition) is 4. The van der Waals surface area contributed by atoms with Crippen LogP contribution in [0.15, 0.2) is 48.7 Å². The lowest BCUT2D eigenvalue weighted by atomic mass is 10.3. The number of para-hydroxylation sites is 1. The van der Waals surface area contributed by atoms with E-state index in [0.717, 1.165) is 12.1 Å². The van der Waals surface area contributed by atoms with E-state index in [9.17, 15) is 13.6 Å². The molecule has 1 heterocycles. The smallest absolute Gasteiger partial charge is 0.274 e. The summed E-state index contributed by atoms with van der Waals surface area (Å²) in [5.74, 6) is -2.25. The van der Waals surface area contributed by atoms with Crippen LogP contribution < -0.4 is 10.6 Å². The Balaban J connectivity index is 1.81. The summed E-state index contributed by atoms with van der Waals surface area (Å²) in [6.07, 6.45) is 1.34. The summed E-state index contributed by atoms with van der Waals surface area (Å²) in [5, 5.41) is 5.85. The van der Waals surface area contributed by atoms with Gasteiger partial charge in [-0.3, -0.25) is 4.79 Å². The standard InChI is InChI=1S/C17H10Cl2F2N4O/c18-10-2-1-3-11(19)15(10)25-17-22-7-6-14(24-17)16(26)23-13-5-4-9(20)8-12(13)21/h1-8H,(H,23,26)(H,22,24,25). The fraction of sp³-hybridized carbons (Fsp3) is 0. The van der Waals surface area contributed by atoms with Gasteiger partial charge in [-0.2, -0.15) is 0 Å². The molecule has 0 fully saturated rings. The molecular weight excluding hydrogens is 385 g/mol. The van der Waals surface area contributed by atoms with Gasteiger partial charge in [0, 0.05) is 12.3 Å². The van der Waals surface area contributed by atoms with Crippen LogP contribution in [0, 0.1) is 11.6 Å². The van der Waals surface area contributed by atoms with Gasteiger partial charge < -0.3 is 10.6 Å². The molecule has 0 unspecified atom stereocenters. The van der Waals surface area contributed by atoms with Crippen LogP contribution in [0.25, 0.3) is 0 Å². The second-order valence-electron chi connectivity index (χ2n) is 5.07. The topological polar surface area (TPSA) is 66.9 Å². The van der Waals surface area contributed by atoms with E-state index >= 15 is 0 Å². The van der Waals surface area contributed by atoms with E-state index in [1.54, 1.807) is 18.2 Å². The molecule has 132 valence electrons. The van der Waals surface area contributed by atoms with Crippen molar-refractivity contribution in [3.05, 3.63) is 76.0 Å². The number of nitrogens with one attached hydrogen (secondary N) is 2. The number of aromatic nitrogens is 2. The first-order valence-corrected chi connectivity index (χ1v) is 8.00. The van der Waals surface area contributed by atoms with Crippen LogP contribution >= 0.6 is 23.2 Å². The van der Waals surface area contributed by atoms with E-state index < -0.39 is 17.5 Å². The molecule has 0 bridgehead atoms. The molecule has 2 aromatic carbocycles. The van der Waals surface area contributed by atoms with Crippen molar-refractivity contribution in [3.63, 3.8) is 0 Å². The normalized spacial score (nSPS) is 10.5. The Morgan fingerprint density at radius 2 is 1.77 bits per heavy atom. The fourth-order valence-corrected chi connectivity index (χ4v) is 2.54. The number of carbonyl (C=O) groups excluding carboxylic acids is 1. The largest absolute Gasteiger partial charge is 0.322 e. The van der Waals surface area contributed by atoms with E-state index in [0.29, 0.717) is 21.8 Å². The van der Waals surface area contributed by atoms with E-state index in [4.69, 9.17) is 23.2 Å². The molecule has 0 radical (unpaired) electrons. The predicted molar refractivity (Wildman–Crippen MR) is 96.1 cm³/mol. The summed E-state index contributed by atoms with van der Waals surface area (Å²) < 4.78 is 26.6. The summed E-state index contributed by atoms with van der Waals surface area (Å²) in [6.45, 7) is 0. The van der Waals surface area contributed by atoms with Crippen molar-refractivity contribution in [1.29, 1.82) is 0 Å². The molecule has 3 aromatic rings. The van der Waals surface area contributed by atoms with E-state index in [2.05, 4.69) is 20.6 Å². The van der Waals surface area contributed by atoms with Gasteiger partial charge in [0.2, 0.25) is 5.95 Å². The highest BCUT2D eigenvalue weighted by Crippen LogP contribution is 2.31. The van der Waals surface area contributed by atoms with Crippen LogP contribution in [0.4, 0.5) is 26.1 Å². The maximum Gasteiger partial charge on any atom is 0.274 e. The molecule has 3 rings (SSSR count). The zero-order valence-corrected chi connectivity index (χ0v) is 14.4. The molecule has 0 saturated carbocycles. The van der Waals surface area contributed by atoms with Crippen molar-refractivity contribution in [2.24, 2.45) is 0 Å². The molecule has 1 amide bonds. The minimum Gasteiger partial charge on any atom is -0.322 e. The Hall–Kier alpha value is -2.77. The number of hydrogen-bond donors (Lipinski definition) is 2. The maximum atomic E-state index is 13.7. The van der Waals surface area contributed by atoms with Crippen molar-refractivity contribution >= 4 is 46.4 Å². The molecule has 0 saturated heterocycles. The van der Waals surface area contributed by atoms with Crippen molar-refractivity contribution in [3.8, 4) is 0 Å². The van der Waals surface area contributed by atoms with Crippen LogP contribution in [0.5, 0.6) is 0 Å². The van der Waals surface area contributed by atoms with Gasteiger partial charge in [-0.25, -0.2) is 18.7 Å². The zero-order valence-electron chi connectivity index (χ0n) is 12.9. The summed E-state index contributed by atoms with van der Waals surface area (Å²) in [5.41, 5.74) is 0.186. The third kappa shape index (κ3) is 4.07. The van der Waals surface area contributed by atoms with E-state index in [1.165, 1.54) is 12.3 Å². The number of carbonyl (C=O) groups is 1. The van der Waals surface area contributed by atoms with Crippen molar-refractivity contribution < 1.29 is 13.6 Å². The maximum absolute atomic E-state index is 13.7. The average Bonchev–Trinajstić information content (AvgIpc) is 2.61. The lowest BCUT2D eigenvalue weighted by molar-refractivity contribution is 0.102. The van der Waals surface area contributed by atoms with E-state index in [1.807, 2.05) is 0 Å². The Morgan fingerprint density at radius 3 is 2.46 bits per heavy atom. The van der Waals surface area contributed by atoms with Gasteiger partial charge in [0.15, 0.2) is 0 Å². The molecule has 9 heteroatoms. The number of halogens is 4. The number of amides is 1. The lowest BCUT2D eigenvalue weighted by Crippen LogP contribution is -2.15. The summed E-state index contributed by atoms with van der Waals surface area (Å²) >= 11 is 12.1. The zero-order chi connectivity index (χ0) is 18.7. The highest BCUT2D eigenvalue weighted by atomic mass is 35.5. The summed E-state index contributed by atoms with van der Waals surface area (Å²) in [7, 11) is 0. The monoisotopic (exact) mass is 394 g/mol. The molecule has 0 aliphatic carbocycles. The highest BCUT2D eigenvalue weighted by molar-refractivity contribution is 6.39. The molecule has 0 atom stereocenters. The third-order valence-electron chi connectivity index (χ3n) is 3.27. The molecule has 1 aromatic heterocycles. The first kappa shape index (κ1) is 18.0. The second kappa shape index (κ2) is 7.63. The van der Waals surface area contributed by atoms with Crippen LogP contribution in [-0.2, 0) is 0 Å². The fourth-order valence-electron chi connectivity index (χ4n) is 2.05.